The molecule has 1 fully saturated rings. The Balaban J connectivity index is 1.63. The molecule has 150 valence electrons. The standard InChI is InChI=1S/C22H29N3O3/c1-4-27-21-14-17(12-13-20(21)26-3)25-22(23-2)24-15-16-8-5-6-11-19(16)28-18-9-7-10-18/h5-6,8,11-14,18H,4,7,9-10,15H2,1-3H3,(H2,23,24,25). The second-order valence-electron chi connectivity index (χ2n) is 6.63. The highest BCUT2D eigenvalue weighted by atomic mass is 16.5. The first-order valence-electron chi connectivity index (χ1n) is 9.76. The van der Waals surface area contributed by atoms with Gasteiger partial charge in [-0.1, -0.05) is 18.2 Å². The summed E-state index contributed by atoms with van der Waals surface area (Å²) < 4.78 is 17.1. The number of rotatable bonds is 8. The topological polar surface area (TPSA) is 64.1 Å². The molecule has 1 aliphatic carbocycles. The summed E-state index contributed by atoms with van der Waals surface area (Å²) in [5.74, 6) is 3.02. The van der Waals surface area contributed by atoms with Crippen molar-refractivity contribution in [1.29, 1.82) is 0 Å². The van der Waals surface area contributed by atoms with Gasteiger partial charge >= 0.3 is 0 Å². The van der Waals surface area contributed by atoms with Crippen molar-refractivity contribution < 1.29 is 14.2 Å². The number of guanidine groups is 1. The maximum Gasteiger partial charge on any atom is 0.195 e. The Hall–Kier alpha value is -2.89. The van der Waals surface area contributed by atoms with E-state index >= 15 is 0 Å². The van der Waals surface area contributed by atoms with Crippen LogP contribution in [0.15, 0.2) is 47.5 Å². The van der Waals surface area contributed by atoms with Gasteiger partial charge in [-0.2, -0.15) is 0 Å². The van der Waals surface area contributed by atoms with E-state index in [2.05, 4.69) is 21.7 Å². The van der Waals surface area contributed by atoms with Gasteiger partial charge in [0.25, 0.3) is 0 Å². The largest absolute Gasteiger partial charge is 0.493 e. The van der Waals surface area contributed by atoms with Crippen LogP contribution < -0.4 is 24.8 Å². The lowest BCUT2D eigenvalue weighted by atomic mass is 9.96. The number of para-hydroxylation sites is 1. The molecular formula is C22H29N3O3. The molecule has 0 aliphatic heterocycles. The lowest BCUT2D eigenvalue weighted by Crippen LogP contribution is -2.31. The van der Waals surface area contributed by atoms with Crippen LogP contribution in [0.2, 0.25) is 0 Å². The fourth-order valence-electron chi connectivity index (χ4n) is 2.95. The van der Waals surface area contributed by atoms with E-state index in [0.29, 0.717) is 36.7 Å². The molecule has 3 rings (SSSR count). The summed E-state index contributed by atoms with van der Waals surface area (Å²) in [6.45, 7) is 3.14. The highest BCUT2D eigenvalue weighted by Gasteiger charge is 2.20. The predicted octanol–water partition coefficient (Wildman–Crippen LogP) is 4.21. The normalized spacial score (nSPS) is 14.2. The SMILES string of the molecule is CCOc1cc(NC(=NC)NCc2ccccc2OC2CCC2)ccc1OC. The van der Waals surface area contributed by atoms with Gasteiger partial charge in [-0.15, -0.1) is 0 Å². The molecule has 28 heavy (non-hydrogen) atoms. The zero-order chi connectivity index (χ0) is 19.8. The van der Waals surface area contributed by atoms with Gasteiger partial charge in [0, 0.05) is 30.9 Å². The third-order valence-corrected chi connectivity index (χ3v) is 4.71. The van der Waals surface area contributed by atoms with E-state index in [1.165, 1.54) is 6.42 Å². The molecule has 6 nitrogen and oxygen atoms in total. The monoisotopic (exact) mass is 383 g/mol. The number of hydrogen-bond acceptors (Lipinski definition) is 4. The minimum Gasteiger partial charge on any atom is -0.493 e. The van der Waals surface area contributed by atoms with E-state index in [4.69, 9.17) is 14.2 Å². The lowest BCUT2D eigenvalue weighted by molar-refractivity contribution is 0.119. The summed E-state index contributed by atoms with van der Waals surface area (Å²) in [5, 5.41) is 6.64. The number of nitrogens with zero attached hydrogens (tertiary/aromatic N) is 1. The van der Waals surface area contributed by atoms with E-state index in [-0.39, 0.29) is 0 Å². The number of methoxy groups -OCH3 is 1. The van der Waals surface area contributed by atoms with Crippen molar-refractivity contribution >= 4 is 11.6 Å². The molecule has 0 spiro atoms. The molecule has 2 aromatic rings. The molecule has 0 atom stereocenters. The minimum absolute atomic E-state index is 0.356. The second kappa shape index (κ2) is 9.88. The van der Waals surface area contributed by atoms with Gasteiger partial charge in [-0.3, -0.25) is 4.99 Å². The van der Waals surface area contributed by atoms with Gasteiger partial charge in [-0.05, 0) is 44.4 Å². The molecule has 0 unspecified atom stereocenters. The van der Waals surface area contributed by atoms with Crippen LogP contribution in [0.5, 0.6) is 17.2 Å². The van der Waals surface area contributed by atoms with Gasteiger partial charge in [0.2, 0.25) is 0 Å². The van der Waals surface area contributed by atoms with Crippen molar-refractivity contribution in [2.24, 2.45) is 4.99 Å². The van der Waals surface area contributed by atoms with Gasteiger partial charge in [0.1, 0.15) is 5.75 Å². The number of nitrogens with one attached hydrogen (secondary N) is 2. The zero-order valence-electron chi connectivity index (χ0n) is 16.8. The molecule has 2 N–H and O–H groups in total. The molecule has 0 aromatic heterocycles. The summed E-state index contributed by atoms with van der Waals surface area (Å²) in [6.07, 6.45) is 3.90. The van der Waals surface area contributed by atoms with Crippen LogP contribution in [0.25, 0.3) is 0 Å². The number of hydrogen-bond donors (Lipinski definition) is 2. The smallest absolute Gasteiger partial charge is 0.195 e. The first-order chi connectivity index (χ1) is 13.7. The average Bonchev–Trinajstić information content (AvgIpc) is 2.69. The number of benzene rings is 2. The van der Waals surface area contributed by atoms with Crippen molar-refractivity contribution in [3.8, 4) is 17.2 Å². The van der Waals surface area contributed by atoms with Crippen molar-refractivity contribution in [3.63, 3.8) is 0 Å². The van der Waals surface area contributed by atoms with Gasteiger partial charge < -0.3 is 24.8 Å². The fraction of sp³-hybridized carbons (Fsp3) is 0.409. The molecule has 0 saturated heterocycles. The fourth-order valence-corrected chi connectivity index (χ4v) is 2.95. The van der Waals surface area contributed by atoms with Crippen molar-refractivity contribution in [3.05, 3.63) is 48.0 Å². The van der Waals surface area contributed by atoms with Gasteiger partial charge in [-0.25, -0.2) is 0 Å². The molecule has 1 aliphatic rings. The molecule has 1 saturated carbocycles. The Kier molecular flexibility index (Phi) is 7.00. The third kappa shape index (κ3) is 5.09. The maximum absolute atomic E-state index is 6.10. The molecule has 2 aromatic carbocycles. The zero-order valence-corrected chi connectivity index (χ0v) is 16.8. The highest BCUT2D eigenvalue weighted by molar-refractivity contribution is 5.93. The Labute approximate surface area is 166 Å². The average molecular weight is 383 g/mol. The summed E-state index contributed by atoms with van der Waals surface area (Å²) in [7, 11) is 3.38. The summed E-state index contributed by atoms with van der Waals surface area (Å²) in [5.41, 5.74) is 1.98. The summed E-state index contributed by atoms with van der Waals surface area (Å²) in [4.78, 5) is 4.32. The number of aliphatic imine (C=N–C) groups is 1. The van der Waals surface area contributed by atoms with Gasteiger partial charge in [0.05, 0.1) is 19.8 Å². The first kappa shape index (κ1) is 19.9. The Bertz CT molecular complexity index is 803. The van der Waals surface area contributed by atoms with Crippen LogP contribution in [0.1, 0.15) is 31.7 Å². The number of anilines is 1. The highest BCUT2D eigenvalue weighted by Crippen LogP contribution is 2.30. The Morgan fingerprint density at radius 1 is 1.11 bits per heavy atom. The molecule has 6 heteroatoms. The molecule has 0 radical (unpaired) electrons. The lowest BCUT2D eigenvalue weighted by Gasteiger charge is -2.27. The van der Waals surface area contributed by atoms with E-state index in [9.17, 15) is 0 Å². The molecular weight excluding hydrogens is 354 g/mol. The molecule has 0 amide bonds. The molecule has 0 heterocycles. The van der Waals surface area contributed by atoms with Crippen LogP contribution in [0.4, 0.5) is 5.69 Å². The minimum atomic E-state index is 0.356. The van der Waals surface area contributed by atoms with Crippen molar-refractivity contribution in [2.75, 3.05) is 26.1 Å². The quantitative estimate of drug-likeness (QED) is 0.528. The first-order valence-corrected chi connectivity index (χ1v) is 9.76. The van der Waals surface area contributed by atoms with E-state index in [1.807, 2.05) is 43.3 Å². The maximum atomic E-state index is 6.10. The molecule has 0 bridgehead atoms. The van der Waals surface area contributed by atoms with Crippen LogP contribution in [-0.4, -0.2) is 32.8 Å². The van der Waals surface area contributed by atoms with E-state index in [0.717, 1.165) is 29.8 Å². The predicted molar refractivity (Wildman–Crippen MR) is 113 cm³/mol. The second-order valence-corrected chi connectivity index (χ2v) is 6.63. The van der Waals surface area contributed by atoms with Crippen LogP contribution >= 0.6 is 0 Å². The van der Waals surface area contributed by atoms with Crippen molar-refractivity contribution in [2.45, 2.75) is 38.8 Å². The van der Waals surface area contributed by atoms with Gasteiger partial charge in [0.15, 0.2) is 17.5 Å². The van der Waals surface area contributed by atoms with Crippen LogP contribution in [0.3, 0.4) is 0 Å². The summed E-state index contributed by atoms with van der Waals surface area (Å²) in [6, 6.07) is 13.9. The van der Waals surface area contributed by atoms with E-state index < -0.39 is 0 Å². The van der Waals surface area contributed by atoms with Crippen LogP contribution in [-0.2, 0) is 6.54 Å². The number of ether oxygens (including phenoxy) is 3. The summed E-state index contributed by atoms with van der Waals surface area (Å²) >= 11 is 0. The third-order valence-electron chi connectivity index (χ3n) is 4.71. The van der Waals surface area contributed by atoms with E-state index in [1.54, 1.807) is 14.2 Å². The van der Waals surface area contributed by atoms with Crippen molar-refractivity contribution in [1.82, 2.24) is 5.32 Å². The Morgan fingerprint density at radius 3 is 2.61 bits per heavy atom. The Morgan fingerprint density at radius 2 is 1.93 bits per heavy atom. The van der Waals surface area contributed by atoms with Crippen LogP contribution in [0, 0.1) is 0 Å².